The van der Waals surface area contributed by atoms with Crippen LogP contribution in [0.1, 0.15) is 32.6 Å². The largest absolute Gasteiger partial charge is 1.00 e. The SMILES string of the molecule is CCCCCCO[Si]([O-])([O-])[O-].[K+].[K+].[K+]. The molecule has 0 aromatic heterocycles. The third-order valence-electron chi connectivity index (χ3n) is 1.28. The molecule has 14 heavy (non-hydrogen) atoms. The molecule has 0 aliphatic rings. The first-order chi connectivity index (χ1) is 5.06. The van der Waals surface area contributed by atoms with Crippen molar-refractivity contribution in [2.24, 2.45) is 0 Å². The molecular formula is C6H13K3O4Si. The molecule has 0 amide bonds. The van der Waals surface area contributed by atoms with Crippen LogP contribution in [0.15, 0.2) is 0 Å². The number of hydrogen-bond acceptors (Lipinski definition) is 4. The third kappa shape index (κ3) is 25.7. The second kappa shape index (κ2) is 18.0. The van der Waals surface area contributed by atoms with Crippen molar-refractivity contribution in [2.75, 3.05) is 6.61 Å². The zero-order chi connectivity index (χ0) is 8.74. The molecule has 0 rings (SSSR count). The van der Waals surface area contributed by atoms with Crippen molar-refractivity contribution in [1.29, 1.82) is 0 Å². The molecule has 0 aromatic carbocycles. The van der Waals surface area contributed by atoms with Gasteiger partial charge in [-0.15, -0.1) is 9.05 Å². The summed E-state index contributed by atoms with van der Waals surface area (Å²) in [6.07, 6.45) is 3.69. The molecule has 0 radical (unpaired) electrons. The molecule has 0 aromatic rings. The van der Waals surface area contributed by atoms with Crippen LogP contribution >= 0.6 is 0 Å². The first-order valence-corrected chi connectivity index (χ1v) is 5.45. The predicted molar refractivity (Wildman–Crippen MR) is 35.8 cm³/mol. The van der Waals surface area contributed by atoms with Crippen molar-refractivity contribution >= 4 is 9.05 Å². The standard InChI is InChI=1S/C6H13O4Si.3K/c1-2-3-4-5-6-10-11(7,8)9;;;/h2-6H2,1H3;;;/q-3;3*+1. The van der Waals surface area contributed by atoms with E-state index in [1.807, 2.05) is 0 Å². The summed E-state index contributed by atoms with van der Waals surface area (Å²) in [6.45, 7) is 2.09. The smallest absolute Gasteiger partial charge is 0.861 e. The Hall–Kier alpha value is 4.97. The maximum Gasteiger partial charge on any atom is 1.00 e. The topological polar surface area (TPSA) is 78.4 Å². The minimum absolute atomic E-state index is 0. The zero-order valence-corrected chi connectivity index (χ0v) is 20.0. The van der Waals surface area contributed by atoms with Gasteiger partial charge in [0.2, 0.25) is 0 Å². The van der Waals surface area contributed by atoms with Crippen molar-refractivity contribution in [3.05, 3.63) is 0 Å². The maximum absolute atomic E-state index is 9.94. The van der Waals surface area contributed by atoms with E-state index in [1.165, 1.54) is 0 Å². The van der Waals surface area contributed by atoms with Gasteiger partial charge in [-0.2, -0.15) is 0 Å². The molecule has 0 N–H and O–H groups in total. The Labute approximate surface area is 215 Å². The van der Waals surface area contributed by atoms with Crippen LogP contribution in [0.2, 0.25) is 0 Å². The van der Waals surface area contributed by atoms with Gasteiger partial charge in [-0.1, -0.05) is 26.2 Å². The number of rotatable bonds is 6. The van der Waals surface area contributed by atoms with Crippen LogP contribution < -0.4 is 169 Å². The minimum atomic E-state index is -4.97. The van der Waals surface area contributed by atoms with Gasteiger partial charge >= 0.3 is 154 Å². The van der Waals surface area contributed by atoms with E-state index >= 15 is 0 Å². The summed E-state index contributed by atoms with van der Waals surface area (Å²) >= 11 is 0. The van der Waals surface area contributed by atoms with Crippen LogP contribution in [-0.2, 0) is 4.43 Å². The Bertz CT molecular complexity index is 102. The Morgan fingerprint density at radius 3 is 1.79 bits per heavy atom. The van der Waals surface area contributed by atoms with Gasteiger partial charge in [0.05, 0.1) is 0 Å². The van der Waals surface area contributed by atoms with Crippen LogP contribution in [-0.4, -0.2) is 15.7 Å². The fourth-order valence-electron chi connectivity index (χ4n) is 0.726. The predicted octanol–water partition coefficient (Wildman–Crippen LogP) is -10.9. The summed E-state index contributed by atoms with van der Waals surface area (Å²) in [4.78, 5) is 29.8. The maximum atomic E-state index is 9.94. The molecule has 0 saturated carbocycles. The molecule has 0 aliphatic heterocycles. The molecule has 4 nitrogen and oxygen atoms in total. The third-order valence-corrected chi connectivity index (χ3v) is 1.83. The normalized spacial score (nSPS) is 9.43. The Morgan fingerprint density at radius 2 is 1.43 bits per heavy atom. The van der Waals surface area contributed by atoms with Gasteiger partial charge in [0.15, 0.2) is 0 Å². The Kier molecular flexibility index (Phi) is 35.1. The summed E-state index contributed by atoms with van der Waals surface area (Å²) in [5.41, 5.74) is 0. The fraction of sp³-hybridized carbons (Fsp3) is 1.00. The van der Waals surface area contributed by atoms with E-state index in [0.717, 1.165) is 19.3 Å². The van der Waals surface area contributed by atoms with Crippen molar-refractivity contribution in [2.45, 2.75) is 32.6 Å². The first-order valence-electron chi connectivity index (χ1n) is 3.81. The Balaban J connectivity index is -0.000000167. The second-order valence-electron chi connectivity index (χ2n) is 2.41. The van der Waals surface area contributed by atoms with E-state index in [-0.39, 0.29) is 161 Å². The molecular weight excluding hydrogens is 281 g/mol. The zero-order valence-electron chi connectivity index (χ0n) is 9.67. The summed E-state index contributed by atoms with van der Waals surface area (Å²) in [6, 6.07) is 0. The monoisotopic (exact) mass is 294 g/mol. The van der Waals surface area contributed by atoms with Crippen LogP contribution in [0.5, 0.6) is 0 Å². The van der Waals surface area contributed by atoms with Gasteiger partial charge in [-0.3, -0.25) is 0 Å². The quantitative estimate of drug-likeness (QED) is 0.360. The average molecular weight is 295 g/mol. The van der Waals surface area contributed by atoms with Gasteiger partial charge in [-0.05, 0) is 6.42 Å². The van der Waals surface area contributed by atoms with E-state index < -0.39 is 9.05 Å². The van der Waals surface area contributed by atoms with Crippen molar-refractivity contribution in [3.8, 4) is 0 Å². The van der Waals surface area contributed by atoms with Crippen molar-refractivity contribution in [3.63, 3.8) is 0 Å². The molecule has 8 heteroatoms. The summed E-state index contributed by atoms with van der Waals surface area (Å²) in [5, 5.41) is 0. The number of hydrogen-bond donors (Lipinski definition) is 0. The molecule has 0 aliphatic carbocycles. The molecule has 0 unspecified atom stereocenters. The van der Waals surface area contributed by atoms with Crippen molar-refractivity contribution in [1.82, 2.24) is 0 Å². The first kappa shape index (κ1) is 27.3. The van der Waals surface area contributed by atoms with Gasteiger partial charge in [0.1, 0.15) is 0 Å². The molecule has 0 spiro atoms. The summed E-state index contributed by atoms with van der Waals surface area (Å²) in [5.74, 6) is 0. The van der Waals surface area contributed by atoms with Gasteiger partial charge in [-0.25, -0.2) is 0 Å². The molecule has 0 fully saturated rings. The summed E-state index contributed by atoms with van der Waals surface area (Å²) < 4.78 is 4.05. The van der Waals surface area contributed by atoms with Crippen LogP contribution in [0.3, 0.4) is 0 Å². The van der Waals surface area contributed by atoms with Gasteiger partial charge < -0.3 is 18.8 Å². The number of unbranched alkanes of at least 4 members (excludes halogenated alkanes) is 3. The fourth-order valence-corrected chi connectivity index (χ4v) is 1.12. The Morgan fingerprint density at radius 1 is 0.929 bits per heavy atom. The average Bonchev–Trinajstić information content (AvgIpc) is 1.85. The van der Waals surface area contributed by atoms with E-state index in [2.05, 4.69) is 11.3 Å². The van der Waals surface area contributed by atoms with E-state index in [4.69, 9.17) is 0 Å². The second-order valence-corrected chi connectivity index (χ2v) is 3.70. The molecule has 68 valence electrons. The molecule has 0 heterocycles. The minimum Gasteiger partial charge on any atom is -0.861 e. The van der Waals surface area contributed by atoms with E-state index in [9.17, 15) is 14.4 Å². The van der Waals surface area contributed by atoms with Crippen molar-refractivity contribution < 1.29 is 173 Å². The van der Waals surface area contributed by atoms with Gasteiger partial charge in [0.25, 0.3) is 0 Å². The summed E-state index contributed by atoms with van der Waals surface area (Å²) in [7, 11) is -4.97. The van der Waals surface area contributed by atoms with E-state index in [0.29, 0.717) is 6.42 Å². The molecule has 0 saturated heterocycles. The van der Waals surface area contributed by atoms with Gasteiger partial charge in [0, 0.05) is 6.61 Å². The van der Waals surface area contributed by atoms with Crippen LogP contribution in [0, 0.1) is 0 Å². The molecule has 0 atom stereocenters. The van der Waals surface area contributed by atoms with Crippen LogP contribution in [0.25, 0.3) is 0 Å². The van der Waals surface area contributed by atoms with E-state index in [1.54, 1.807) is 0 Å². The van der Waals surface area contributed by atoms with Crippen LogP contribution in [0.4, 0.5) is 0 Å². The molecule has 0 bridgehead atoms.